The van der Waals surface area contributed by atoms with Gasteiger partial charge >= 0.3 is 0 Å². The SMILES string of the molecule is C[C@@]12CCCC1C2. The molecule has 0 spiro atoms. The highest BCUT2D eigenvalue weighted by Crippen LogP contribution is 2.62. The molecule has 0 aromatic heterocycles. The maximum atomic E-state index is 2.44. The van der Waals surface area contributed by atoms with E-state index < -0.39 is 0 Å². The predicted molar refractivity (Wildman–Crippen MR) is 30.1 cm³/mol. The van der Waals surface area contributed by atoms with Crippen LogP contribution in [0.2, 0.25) is 0 Å². The summed E-state index contributed by atoms with van der Waals surface area (Å²) in [5.41, 5.74) is 0.861. The number of hydrogen-bond donors (Lipinski definition) is 0. The summed E-state index contributed by atoms with van der Waals surface area (Å²) in [6, 6.07) is 0. The van der Waals surface area contributed by atoms with Gasteiger partial charge in [-0.2, -0.15) is 0 Å². The predicted octanol–water partition coefficient (Wildman–Crippen LogP) is 2.20. The highest BCUT2D eigenvalue weighted by atomic mass is 14.6. The Morgan fingerprint density at radius 1 is 1.57 bits per heavy atom. The molecule has 2 fully saturated rings. The van der Waals surface area contributed by atoms with Gasteiger partial charge in [0.15, 0.2) is 0 Å². The monoisotopic (exact) mass is 96.1 g/mol. The summed E-state index contributed by atoms with van der Waals surface area (Å²) in [5, 5.41) is 0. The largest absolute Gasteiger partial charge is 0.0594 e. The number of hydrogen-bond acceptors (Lipinski definition) is 0. The molecule has 0 saturated heterocycles. The van der Waals surface area contributed by atoms with E-state index in [9.17, 15) is 0 Å². The Labute approximate surface area is 44.9 Å². The standard InChI is InChI=1S/C7H12/c1-7-4-2-3-6(7)5-7/h6H,2-5H2,1H3/t6?,7-/m0/s1. The first-order chi connectivity index (χ1) is 3.31. The van der Waals surface area contributed by atoms with Crippen molar-refractivity contribution >= 4 is 0 Å². The van der Waals surface area contributed by atoms with Gasteiger partial charge in [0.1, 0.15) is 0 Å². The average Bonchev–Trinajstić information content (AvgIpc) is 2.09. The average molecular weight is 96.2 g/mol. The van der Waals surface area contributed by atoms with Gasteiger partial charge in [0.2, 0.25) is 0 Å². The topological polar surface area (TPSA) is 0 Å². The lowest BCUT2D eigenvalue weighted by molar-refractivity contribution is 0.547. The molecule has 1 unspecified atom stereocenters. The molecular formula is C7H12. The first-order valence-electron chi connectivity index (χ1n) is 3.31. The molecule has 2 aliphatic rings. The molecule has 0 aliphatic heterocycles. The van der Waals surface area contributed by atoms with Crippen LogP contribution in [-0.4, -0.2) is 0 Å². The van der Waals surface area contributed by atoms with E-state index in [1.54, 1.807) is 6.42 Å². The summed E-state index contributed by atoms with van der Waals surface area (Å²) in [4.78, 5) is 0. The van der Waals surface area contributed by atoms with Crippen LogP contribution < -0.4 is 0 Å². The van der Waals surface area contributed by atoms with Crippen LogP contribution in [-0.2, 0) is 0 Å². The minimum Gasteiger partial charge on any atom is -0.0594 e. The molecule has 0 aromatic rings. The Morgan fingerprint density at radius 3 is 2.57 bits per heavy atom. The molecule has 0 bridgehead atoms. The van der Waals surface area contributed by atoms with Crippen LogP contribution >= 0.6 is 0 Å². The highest BCUT2D eigenvalue weighted by molar-refractivity contribution is 5.02. The Morgan fingerprint density at radius 2 is 2.43 bits per heavy atom. The summed E-state index contributed by atoms with van der Waals surface area (Å²) < 4.78 is 0. The van der Waals surface area contributed by atoms with E-state index in [0.29, 0.717) is 0 Å². The zero-order valence-corrected chi connectivity index (χ0v) is 4.91. The smallest absolute Gasteiger partial charge is 0.0294 e. The number of rotatable bonds is 0. The van der Waals surface area contributed by atoms with E-state index in [-0.39, 0.29) is 0 Å². The van der Waals surface area contributed by atoms with Crippen LogP contribution in [0.4, 0.5) is 0 Å². The molecule has 0 nitrogen and oxygen atoms in total. The van der Waals surface area contributed by atoms with Crippen molar-refractivity contribution < 1.29 is 0 Å². The Balaban J connectivity index is 2.17. The minimum absolute atomic E-state index is 0.861. The Bertz CT molecular complexity index is 94.2. The van der Waals surface area contributed by atoms with Gasteiger partial charge in [0.25, 0.3) is 0 Å². The molecule has 0 radical (unpaired) electrons. The second-order valence-electron chi connectivity index (χ2n) is 3.45. The molecule has 0 N–H and O–H groups in total. The van der Waals surface area contributed by atoms with Crippen molar-refractivity contribution in [3.63, 3.8) is 0 Å². The van der Waals surface area contributed by atoms with Gasteiger partial charge < -0.3 is 0 Å². The van der Waals surface area contributed by atoms with Crippen LogP contribution in [0.1, 0.15) is 32.6 Å². The maximum Gasteiger partial charge on any atom is -0.0294 e. The lowest BCUT2D eigenvalue weighted by Gasteiger charge is -1.96. The fourth-order valence-electron chi connectivity index (χ4n) is 2.01. The van der Waals surface area contributed by atoms with Gasteiger partial charge in [0.05, 0.1) is 0 Å². The maximum absolute atomic E-state index is 2.44. The van der Waals surface area contributed by atoms with E-state index in [0.717, 1.165) is 11.3 Å². The van der Waals surface area contributed by atoms with Crippen molar-refractivity contribution in [1.29, 1.82) is 0 Å². The van der Waals surface area contributed by atoms with Crippen molar-refractivity contribution in [3.05, 3.63) is 0 Å². The zero-order valence-electron chi connectivity index (χ0n) is 4.91. The molecule has 2 saturated carbocycles. The Hall–Kier alpha value is 0. The second-order valence-corrected chi connectivity index (χ2v) is 3.45. The summed E-state index contributed by atoms with van der Waals surface area (Å²) in [6.45, 7) is 2.44. The molecule has 40 valence electrons. The second kappa shape index (κ2) is 0.888. The third-order valence-electron chi connectivity index (χ3n) is 2.84. The quantitative estimate of drug-likeness (QED) is 0.433. The van der Waals surface area contributed by atoms with Crippen LogP contribution in [0.15, 0.2) is 0 Å². The molecule has 7 heavy (non-hydrogen) atoms. The molecule has 0 heteroatoms. The van der Waals surface area contributed by atoms with E-state index >= 15 is 0 Å². The van der Waals surface area contributed by atoms with Gasteiger partial charge in [-0.1, -0.05) is 13.3 Å². The summed E-state index contributed by atoms with van der Waals surface area (Å²) >= 11 is 0. The van der Waals surface area contributed by atoms with E-state index in [1.165, 1.54) is 19.3 Å². The highest BCUT2D eigenvalue weighted by Gasteiger charge is 2.52. The molecule has 0 aromatic carbocycles. The fourth-order valence-corrected chi connectivity index (χ4v) is 2.01. The van der Waals surface area contributed by atoms with Crippen molar-refractivity contribution in [1.82, 2.24) is 0 Å². The van der Waals surface area contributed by atoms with E-state index in [4.69, 9.17) is 0 Å². The zero-order chi connectivity index (χ0) is 4.91. The Kier molecular flexibility index (Phi) is 0.499. The minimum atomic E-state index is 0.861. The molecule has 2 aliphatic carbocycles. The molecule has 2 rings (SSSR count). The van der Waals surface area contributed by atoms with E-state index in [2.05, 4.69) is 6.92 Å². The third kappa shape index (κ3) is 0.375. The van der Waals surface area contributed by atoms with Crippen LogP contribution in [0.3, 0.4) is 0 Å². The van der Waals surface area contributed by atoms with Crippen LogP contribution in [0, 0.1) is 11.3 Å². The van der Waals surface area contributed by atoms with Crippen molar-refractivity contribution in [3.8, 4) is 0 Å². The normalized spacial score (nSPS) is 57.0. The first-order valence-corrected chi connectivity index (χ1v) is 3.31. The summed E-state index contributed by atoms with van der Waals surface area (Å²) in [6.07, 6.45) is 6.13. The third-order valence-corrected chi connectivity index (χ3v) is 2.84. The van der Waals surface area contributed by atoms with Gasteiger partial charge in [-0.25, -0.2) is 0 Å². The summed E-state index contributed by atoms with van der Waals surface area (Å²) in [7, 11) is 0. The van der Waals surface area contributed by atoms with Crippen molar-refractivity contribution in [2.24, 2.45) is 11.3 Å². The van der Waals surface area contributed by atoms with Gasteiger partial charge in [0, 0.05) is 0 Å². The lowest BCUT2D eigenvalue weighted by Crippen LogP contribution is -1.85. The number of fused-ring (bicyclic) bond motifs is 1. The van der Waals surface area contributed by atoms with Gasteiger partial charge in [-0.15, -0.1) is 0 Å². The molecule has 2 atom stereocenters. The molecular weight excluding hydrogens is 84.1 g/mol. The lowest BCUT2D eigenvalue weighted by atomic mass is 10.1. The van der Waals surface area contributed by atoms with Crippen LogP contribution in [0.25, 0.3) is 0 Å². The van der Waals surface area contributed by atoms with Crippen molar-refractivity contribution in [2.45, 2.75) is 32.6 Å². The van der Waals surface area contributed by atoms with Gasteiger partial charge in [-0.3, -0.25) is 0 Å². The fraction of sp³-hybridized carbons (Fsp3) is 1.00. The van der Waals surface area contributed by atoms with E-state index in [1.807, 2.05) is 0 Å². The molecule has 0 amide bonds. The van der Waals surface area contributed by atoms with Crippen molar-refractivity contribution in [2.75, 3.05) is 0 Å². The van der Waals surface area contributed by atoms with Crippen LogP contribution in [0.5, 0.6) is 0 Å². The molecule has 0 heterocycles. The first kappa shape index (κ1) is 3.94. The van der Waals surface area contributed by atoms with Gasteiger partial charge in [-0.05, 0) is 30.6 Å². The summed E-state index contributed by atoms with van der Waals surface area (Å²) in [5.74, 6) is 1.16.